The number of aromatic nitrogens is 3. The molecule has 4 aromatic rings. The molecule has 308 valence electrons. The predicted molar refractivity (Wildman–Crippen MR) is 219 cm³/mol. The van der Waals surface area contributed by atoms with Crippen molar-refractivity contribution in [3.63, 3.8) is 0 Å². The standard InChI is InChI=1S/C41H44ClN9O8/c1-43-33(53)21-59-31-18-23-17-24(3-7-30(23)48(2)39(31)57)45-37-29(42)20-44-40(47-37)51-11-9-41(58,10-12-51)22-49-13-15-50(16-14-49)25-4-5-26-28(19-25)36(55)34(35(26)54)27-6-8-32(52)46-38(27)56/h3-5,7,17-20,27,34,58H,6,8-16,21-22H2,1-2H3,(H,43,53)(H,44,45,47)(H,46,52,56). The largest absolute Gasteiger partial charge is 0.478 e. The van der Waals surface area contributed by atoms with Crippen molar-refractivity contribution >= 4 is 74.9 Å². The quantitative estimate of drug-likeness (QED) is 0.133. The predicted octanol–water partition coefficient (Wildman–Crippen LogP) is 2.05. The molecule has 3 fully saturated rings. The number of fused-ring (bicyclic) bond motifs is 2. The van der Waals surface area contributed by atoms with Crippen LogP contribution in [-0.2, 0) is 21.4 Å². The lowest BCUT2D eigenvalue weighted by Gasteiger charge is -2.43. The number of aryl methyl sites for hydroxylation is 1. The Bertz CT molecular complexity index is 2440. The lowest BCUT2D eigenvalue weighted by Crippen LogP contribution is -2.55. The molecule has 17 nitrogen and oxygen atoms in total. The molecular formula is C41H44ClN9O8. The van der Waals surface area contributed by atoms with Crippen molar-refractivity contribution in [3.05, 3.63) is 75.2 Å². The lowest BCUT2D eigenvalue weighted by molar-refractivity contribution is -0.137. The van der Waals surface area contributed by atoms with E-state index in [0.29, 0.717) is 103 Å². The van der Waals surface area contributed by atoms with Gasteiger partial charge in [0.05, 0.1) is 29.2 Å². The molecule has 3 aliphatic heterocycles. The Labute approximate surface area is 343 Å². The third-order valence-corrected chi connectivity index (χ3v) is 12.1. The van der Waals surface area contributed by atoms with Crippen molar-refractivity contribution in [1.82, 2.24) is 30.1 Å². The molecule has 0 radical (unpaired) electrons. The van der Waals surface area contributed by atoms with E-state index in [1.165, 1.54) is 17.8 Å². The van der Waals surface area contributed by atoms with Crippen LogP contribution < -0.4 is 36.0 Å². The van der Waals surface area contributed by atoms with E-state index in [2.05, 4.69) is 30.7 Å². The Hall–Kier alpha value is -5.91. The summed E-state index contributed by atoms with van der Waals surface area (Å²) in [6.45, 7) is 3.99. The molecule has 2 aromatic carbocycles. The molecule has 2 unspecified atom stereocenters. The Morgan fingerprint density at radius 1 is 0.966 bits per heavy atom. The van der Waals surface area contributed by atoms with Gasteiger partial charge in [0, 0.05) is 94.2 Å². The van der Waals surface area contributed by atoms with Gasteiger partial charge in [0.15, 0.2) is 29.7 Å². The number of hydrogen-bond acceptors (Lipinski definition) is 14. The van der Waals surface area contributed by atoms with Crippen LogP contribution in [0.4, 0.5) is 23.1 Å². The van der Waals surface area contributed by atoms with Crippen molar-refractivity contribution < 1.29 is 33.8 Å². The van der Waals surface area contributed by atoms with E-state index in [4.69, 9.17) is 21.3 Å². The number of Topliss-reactive ketones (excluding diaryl/α,β-unsaturated/α-hetero) is 2. The van der Waals surface area contributed by atoms with Crippen LogP contribution in [0.15, 0.2) is 53.5 Å². The van der Waals surface area contributed by atoms with Gasteiger partial charge in [0.2, 0.25) is 17.8 Å². The number of benzene rings is 2. The molecule has 0 saturated carbocycles. The van der Waals surface area contributed by atoms with Crippen LogP contribution in [-0.4, -0.2) is 119 Å². The maximum absolute atomic E-state index is 13.4. The van der Waals surface area contributed by atoms with Gasteiger partial charge in [-0.1, -0.05) is 11.6 Å². The van der Waals surface area contributed by atoms with E-state index in [-0.39, 0.29) is 48.2 Å². The first-order valence-corrected chi connectivity index (χ1v) is 20.0. The average Bonchev–Trinajstić information content (AvgIpc) is 3.47. The zero-order valence-electron chi connectivity index (χ0n) is 32.6. The first kappa shape index (κ1) is 39.9. The summed E-state index contributed by atoms with van der Waals surface area (Å²) >= 11 is 6.53. The maximum Gasteiger partial charge on any atom is 0.293 e. The number of imide groups is 1. The highest BCUT2D eigenvalue weighted by molar-refractivity contribution is 6.33. The number of halogens is 1. The monoisotopic (exact) mass is 825 g/mol. The minimum Gasteiger partial charge on any atom is -0.478 e. The van der Waals surface area contributed by atoms with Gasteiger partial charge in [-0.3, -0.25) is 39.0 Å². The molecule has 2 aromatic heterocycles. The van der Waals surface area contributed by atoms with Crippen molar-refractivity contribution in [3.8, 4) is 5.75 Å². The number of anilines is 4. The molecule has 3 saturated heterocycles. The number of likely N-dealkylation sites (N-methyl/N-ethyl adjacent to an activating group) is 1. The number of ether oxygens (including phenoxy) is 1. The number of rotatable bonds is 10. The fraction of sp³-hybridized carbons (Fsp3) is 0.415. The second-order valence-electron chi connectivity index (χ2n) is 15.6. The van der Waals surface area contributed by atoms with Crippen LogP contribution in [0.1, 0.15) is 46.4 Å². The van der Waals surface area contributed by atoms with Crippen molar-refractivity contribution in [2.45, 2.75) is 31.3 Å². The minimum absolute atomic E-state index is 0.0490. The Balaban J connectivity index is 0.859. The Morgan fingerprint density at radius 2 is 1.71 bits per heavy atom. The van der Waals surface area contributed by atoms with Crippen LogP contribution in [0.3, 0.4) is 0 Å². The fourth-order valence-electron chi connectivity index (χ4n) is 8.44. The fourth-order valence-corrected chi connectivity index (χ4v) is 8.58. The molecule has 59 heavy (non-hydrogen) atoms. The molecule has 4 aliphatic rings. The van der Waals surface area contributed by atoms with Crippen LogP contribution in [0.25, 0.3) is 10.9 Å². The topological polar surface area (TPSA) is 208 Å². The first-order chi connectivity index (χ1) is 28.3. The third-order valence-electron chi connectivity index (χ3n) is 11.8. The van der Waals surface area contributed by atoms with Crippen LogP contribution in [0, 0.1) is 11.8 Å². The second-order valence-corrected chi connectivity index (χ2v) is 16.0. The summed E-state index contributed by atoms with van der Waals surface area (Å²) in [5.41, 5.74) is 1.52. The van der Waals surface area contributed by atoms with Crippen molar-refractivity contribution in [2.75, 3.05) is 74.6 Å². The number of carbonyl (C=O) groups is 5. The number of piperidine rings is 2. The summed E-state index contributed by atoms with van der Waals surface area (Å²) in [6.07, 6.45) is 2.82. The molecule has 1 aliphatic carbocycles. The molecule has 0 bridgehead atoms. The average molecular weight is 826 g/mol. The number of aliphatic hydroxyl groups is 1. The number of nitrogens with one attached hydrogen (secondary N) is 3. The summed E-state index contributed by atoms with van der Waals surface area (Å²) in [6, 6.07) is 12.3. The normalized spacial score (nSPS) is 20.7. The maximum atomic E-state index is 13.4. The van der Waals surface area contributed by atoms with Gasteiger partial charge in [-0.2, -0.15) is 4.98 Å². The van der Waals surface area contributed by atoms with Gasteiger partial charge in [0.25, 0.3) is 11.5 Å². The summed E-state index contributed by atoms with van der Waals surface area (Å²) in [4.78, 5) is 90.9. The number of nitrogens with zero attached hydrogens (tertiary/aromatic N) is 6. The van der Waals surface area contributed by atoms with Gasteiger partial charge in [-0.05, 0) is 61.7 Å². The number of ketones is 2. The van der Waals surface area contributed by atoms with E-state index < -0.39 is 29.3 Å². The van der Waals surface area contributed by atoms with Crippen molar-refractivity contribution in [1.29, 1.82) is 0 Å². The van der Waals surface area contributed by atoms with E-state index in [1.54, 1.807) is 37.4 Å². The SMILES string of the molecule is CNC(=O)COc1cc2cc(Nc3nc(N4CCC(O)(CN5CCN(c6ccc7c(c6)C(=O)C(C6CCC(=O)NC6=O)C7=O)CC5)CC4)ncc3Cl)ccc2n(C)c1=O. The number of pyridine rings is 1. The number of piperazine rings is 1. The van der Waals surface area contributed by atoms with Crippen LogP contribution in [0.2, 0.25) is 5.02 Å². The van der Waals surface area contributed by atoms with E-state index >= 15 is 0 Å². The zero-order valence-corrected chi connectivity index (χ0v) is 33.4. The van der Waals surface area contributed by atoms with Crippen LogP contribution in [0.5, 0.6) is 5.75 Å². The highest BCUT2D eigenvalue weighted by atomic mass is 35.5. The number of hydrogen-bond donors (Lipinski definition) is 4. The van der Waals surface area contributed by atoms with Crippen LogP contribution >= 0.6 is 11.6 Å². The summed E-state index contributed by atoms with van der Waals surface area (Å²) in [5, 5.41) is 20.7. The molecule has 5 heterocycles. The van der Waals surface area contributed by atoms with E-state index in [9.17, 15) is 33.9 Å². The van der Waals surface area contributed by atoms with E-state index in [1.807, 2.05) is 17.0 Å². The number of carbonyl (C=O) groups excluding carboxylic acids is 5. The summed E-state index contributed by atoms with van der Waals surface area (Å²) < 4.78 is 6.95. The Kier molecular flexibility index (Phi) is 10.8. The van der Waals surface area contributed by atoms with Gasteiger partial charge < -0.3 is 34.8 Å². The smallest absolute Gasteiger partial charge is 0.293 e. The van der Waals surface area contributed by atoms with Crippen molar-refractivity contribution in [2.24, 2.45) is 18.9 Å². The third kappa shape index (κ3) is 7.97. The summed E-state index contributed by atoms with van der Waals surface area (Å²) in [5.74, 6) is -3.08. The second kappa shape index (κ2) is 16.0. The van der Waals surface area contributed by atoms with Gasteiger partial charge in [-0.25, -0.2) is 4.98 Å². The number of amides is 3. The molecule has 2 atom stereocenters. The highest BCUT2D eigenvalue weighted by Crippen LogP contribution is 2.37. The molecule has 4 N–H and O–H groups in total. The Morgan fingerprint density at radius 3 is 2.44 bits per heavy atom. The van der Waals surface area contributed by atoms with E-state index in [0.717, 1.165) is 5.69 Å². The molecule has 0 spiro atoms. The van der Waals surface area contributed by atoms with Gasteiger partial charge >= 0.3 is 0 Å². The van der Waals surface area contributed by atoms with Gasteiger partial charge in [-0.15, -0.1) is 0 Å². The first-order valence-electron chi connectivity index (χ1n) is 19.6. The highest BCUT2D eigenvalue weighted by Gasteiger charge is 2.47. The zero-order chi connectivity index (χ0) is 41.6. The molecular weight excluding hydrogens is 782 g/mol. The molecule has 3 amide bonds. The lowest BCUT2D eigenvalue weighted by atomic mass is 9.82. The molecule has 18 heteroatoms. The summed E-state index contributed by atoms with van der Waals surface area (Å²) in [7, 11) is 3.12. The van der Waals surface area contributed by atoms with Gasteiger partial charge in [0.1, 0.15) is 5.02 Å². The minimum atomic E-state index is -1.10. The molecule has 8 rings (SSSR count). The number of β-amino-alcohol motifs (C(OH)–C–C–N with tert-alkyl or cyclic N) is 1.